The highest BCUT2D eigenvalue weighted by molar-refractivity contribution is 5.35. The largest absolute Gasteiger partial charge is 0.370 e. The summed E-state index contributed by atoms with van der Waals surface area (Å²) in [6.07, 6.45) is 3.11. The third kappa shape index (κ3) is 2.99. The van der Waals surface area contributed by atoms with Gasteiger partial charge in [-0.25, -0.2) is 4.98 Å². The van der Waals surface area contributed by atoms with Crippen LogP contribution in [0, 0.1) is 0 Å². The van der Waals surface area contributed by atoms with Gasteiger partial charge in [0.05, 0.1) is 0 Å². The van der Waals surface area contributed by atoms with Gasteiger partial charge in [-0.05, 0) is 29.2 Å². The fourth-order valence-electron chi connectivity index (χ4n) is 2.65. The summed E-state index contributed by atoms with van der Waals surface area (Å²) in [4.78, 5) is 6.93. The first-order chi connectivity index (χ1) is 9.85. The molecule has 1 aliphatic rings. The second-order valence-corrected chi connectivity index (χ2v) is 5.39. The predicted molar refractivity (Wildman–Crippen MR) is 82.4 cm³/mol. The highest BCUT2D eigenvalue weighted by Crippen LogP contribution is 2.23. The minimum atomic E-state index is 0.968. The number of fused-ring (bicyclic) bond motifs is 1. The zero-order valence-electron chi connectivity index (χ0n) is 12.0. The number of nitrogens with zero attached hydrogens (tertiary/aromatic N) is 2. The van der Waals surface area contributed by atoms with Crippen molar-refractivity contribution in [3.8, 4) is 0 Å². The maximum atomic E-state index is 4.47. The first-order valence-corrected chi connectivity index (χ1v) is 7.33. The van der Waals surface area contributed by atoms with Gasteiger partial charge in [0, 0.05) is 32.4 Å². The molecule has 0 bridgehead atoms. The maximum absolute atomic E-state index is 4.47. The van der Waals surface area contributed by atoms with E-state index in [0.29, 0.717) is 0 Å². The zero-order valence-corrected chi connectivity index (χ0v) is 12.0. The van der Waals surface area contributed by atoms with Crippen LogP contribution in [0.3, 0.4) is 0 Å². The molecule has 3 nitrogen and oxygen atoms in total. The number of hydrogen-bond donors (Lipinski definition) is 1. The number of nitrogens with one attached hydrogen (secondary N) is 1. The summed E-state index contributed by atoms with van der Waals surface area (Å²) in [5.74, 6) is 0.973. The fraction of sp³-hybridized carbons (Fsp3) is 0.353. The van der Waals surface area contributed by atoms with Gasteiger partial charge >= 0.3 is 0 Å². The Kier molecular flexibility index (Phi) is 3.97. The van der Waals surface area contributed by atoms with E-state index in [0.717, 1.165) is 38.4 Å². The van der Waals surface area contributed by atoms with E-state index in [9.17, 15) is 0 Å². The molecule has 0 radical (unpaired) electrons. The van der Waals surface area contributed by atoms with Gasteiger partial charge in [0.15, 0.2) is 0 Å². The van der Waals surface area contributed by atoms with Crippen molar-refractivity contribution in [1.82, 2.24) is 9.88 Å². The number of rotatable bonds is 5. The van der Waals surface area contributed by atoms with Crippen LogP contribution >= 0.6 is 0 Å². The number of pyridine rings is 1. The second kappa shape index (κ2) is 6.06. The average Bonchev–Trinajstić information content (AvgIpc) is 2.89. The molecule has 1 N–H and O–H groups in total. The molecule has 0 spiro atoms. The SMILES string of the molecule is CCCNc1ccc(CN2Cc3ccccc3C2)cn1. The predicted octanol–water partition coefficient (Wildman–Crippen LogP) is 3.42. The molecule has 104 valence electrons. The van der Waals surface area contributed by atoms with Crippen LogP contribution in [-0.2, 0) is 19.6 Å². The van der Waals surface area contributed by atoms with Gasteiger partial charge in [0.2, 0.25) is 0 Å². The molecule has 0 saturated carbocycles. The van der Waals surface area contributed by atoms with Crippen molar-refractivity contribution in [3.63, 3.8) is 0 Å². The van der Waals surface area contributed by atoms with E-state index in [2.05, 4.69) is 58.5 Å². The third-order valence-corrected chi connectivity index (χ3v) is 3.69. The molecule has 0 aliphatic carbocycles. The minimum absolute atomic E-state index is 0.968. The molecule has 20 heavy (non-hydrogen) atoms. The Bertz CT molecular complexity index is 538. The number of anilines is 1. The molecular formula is C17H21N3. The van der Waals surface area contributed by atoms with Crippen LogP contribution in [-0.4, -0.2) is 16.4 Å². The summed E-state index contributed by atoms with van der Waals surface area (Å²) in [5, 5.41) is 3.30. The van der Waals surface area contributed by atoms with Crippen LogP contribution in [0.25, 0.3) is 0 Å². The van der Waals surface area contributed by atoms with Crippen LogP contribution in [0.5, 0.6) is 0 Å². The highest BCUT2D eigenvalue weighted by Gasteiger charge is 2.17. The Morgan fingerprint density at radius 3 is 2.45 bits per heavy atom. The minimum Gasteiger partial charge on any atom is -0.370 e. The molecule has 1 aromatic heterocycles. The molecule has 2 heterocycles. The highest BCUT2D eigenvalue weighted by atomic mass is 15.1. The maximum Gasteiger partial charge on any atom is 0.125 e. The standard InChI is InChI=1S/C17H21N3/c1-2-9-18-17-8-7-14(10-19-17)11-20-12-15-5-3-4-6-16(15)13-20/h3-8,10H,2,9,11-13H2,1H3,(H,18,19). The molecule has 0 amide bonds. The van der Waals surface area contributed by atoms with Crippen molar-refractivity contribution >= 4 is 5.82 Å². The lowest BCUT2D eigenvalue weighted by Crippen LogP contribution is -2.15. The van der Waals surface area contributed by atoms with E-state index in [1.807, 2.05) is 6.20 Å². The molecule has 0 unspecified atom stereocenters. The van der Waals surface area contributed by atoms with Crippen LogP contribution in [0.15, 0.2) is 42.6 Å². The second-order valence-electron chi connectivity index (χ2n) is 5.39. The van der Waals surface area contributed by atoms with Crippen LogP contribution in [0.1, 0.15) is 30.0 Å². The number of hydrogen-bond acceptors (Lipinski definition) is 3. The van der Waals surface area contributed by atoms with Crippen molar-refractivity contribution in [2.45, 2.75) is 33.0 Å². The number of aromatic nitrogens is 1. The van der Waals surface area contributed by atoms with Crippen molar-refractivity contribution < 1.29 is 0 Å². The molecule has 1 aromatic carbocycles. The smallest absolute Gasteiger partial charge is 0.125 e. The molecule has 0 atom stereocenters. The lowest BCUT2D eigenvalue weighted by Gasteiger charge is -2.14. The molecule has 0 fully saturated rings. The van der Waals surface area contributed by atoms with Gasteiger partial charge in [-0.3, -0.25) is 4.90 Å². The van der Waals surface area contributed by atoms with Crippen molar-refractivity contribution in [3.05, 3.63) is 59.3 Å². The quantitative estimate of drug-likeness (QED) is 0.899. The van der Waals surface area contributed by atoms with Crippen molar-refractivity contribution in [2.75, 3.05) is 11.9 Å². The Balaban J connectivity index is 1.59. The molecule has 2 aromatic rings. The topological polar surface area (TPSA) is 28.2 Å². The van der Waals surface area contributed by atoms with Gasteiger partial charge in [0.1, 0.15) is 5.82 Å². The van der Waals surface area contributed by atoms with Gasteiger partial charge in [-0.15, -0.1) is 0 Å². The fourth-order valence-corrected chi connectivity index (χ4v) is 2.65. The summed E-state index contributed by atoms with van der Waals surface area (Å²) >= 11 is 0. The van der Waals surface area contributed by atoms with Gasteiger partial charge in [-0.1, -0.05) is 37.3 Å². The lowest BCUT2D eigenvalue weighted by atomic mass is 10.1. The summed E-state index contributed by atoms with van der Waals surface area (Å²) in [6.45, 7) is 6.20. The Morgan fingerprint density at radius 2 is 1.85 bits per heavy atom. The normalized spacial score (nSPS) is 14.2. The molecular weight excluding hydrogens is 246 g/mol. The molecule has 3 heteroatoms. The van der Waals surface area contributed by atoms with Crippen LogP contribution in [0.2, 0.25) is 0 Å². The average molecular weight is 267 g/mol. The summed E-state index contributed by atoms with van der Waals surface area (Å²) in [6, 6.07) is 13.0. The van der Waals surface area contributed by atoms with E-state index in [1.54, 1.807) is 0 Å². The van der Waals surface area contributed by atoms with Crippen LogP contribution < -0.4 is 5.32 Å². The Morgan fingerprint density at radius 1 is 1.10 bits per heavy atom. The first kappa shape index (κ1) is 13.1. The third-order valence-electron chi connectivity index (χ3n) is 3.69. The van der Waals surface area contributed by atoms with Gasteiger partial charge in [-0.2, -0.15) is 0 Å². The molecule has 1 aliphatic heterocycles. The van der Waals surface area contributed by atoms with Crippen molar-refractivity contribution in [1.29, 1.82) is 0 Å². The van der Waals surface area contributed by atoms with E-state index >= 15 is 0 Å². The summed E-state index contributed by atoms with van der Waals surface area (Å²) in [7, 11) is 0. The first-order valence-electron chi connectivity index (χ1n) is 7.33. The lowest BCUT2D eigenvalue weighted by molar-refractivity contribution is 0.275. The Labute approximate surface area is 120 Å². The molecule has 0 saturated heterocycles. The summed E-state index contributed by atoms with van der Waals surface area (Å²) < 4.78 is 0. The van der Waals surface area contributed by atoms with E-state index < -0.39 is 0 Å². The van der Waals surface area contributed by atoms with E-state index in [1.165, 1.54) is 16.7 Å². The monoisotopic (exact) mass is 267 g/mol. The van der Waals surface area contributed by atoms with Gasteiger partial charge in [0.25, 0.3) is 0 Å². The van der Waals surface area contributed by atoms with Crippen LogP contribution in [0.4, 0.5) is 5.82 Å². The summed E-state index contributed by atoms with van der Waals surface area (Å²) in [5.41, 5.74) is 4.20. The zero-order chi connectivity index (χ0) is 13.8. The van der Waals surface area contributed by atoms with Crippen molar-refractivity contribution in [2.24, 2.45) is 0 Å². The van der Waals surface area contributed by atoms with E-state index in [4.69, 9.17) is 0 Å². The number of benzene rings is 1. The molecule has 3 rings (SSSR count). The van der Waals surface area contributed by atoms with E-state index in [-0.39, 0.29) is 0 Å². The van der Waals surface area contributed by atoms with Gasteiger partial charge < -0.3 is 5.32 Å². The Hall–Kier alpha value is -1.87.